The minimum Gasteiger partial charge on any atom is -0.255 e. The van der Waals surface area contributed by atoms with Crippen molar-refractivity contribution < 1.29 is 112 Å². The number of nitrogens with zero attached hydrogens (tertiary/aromatic N) is 4. The van der Waals surface area contributed by atoms with Crippen molar-refractivity contribution in [1.82, 2.24) is 9.13 Å². The third kappa shape index (κ3) is 9.52. The minimum absolute atomic E-state index is 0.132. The number of allylic oxidation sites excluding steroid dienone is 4. The predicted molar refractivity (Wildman–Crippen MR) is 239 cm³/mol. The summed E-state index contributed by atoms with van der Waals surface area (Å²) in [5.74, 6) is -15.0. The molecule has 0 unspecified atom stereocenters. The van der Waals surface area contributed by atoms with Gasteiger partial charge in [-0.05, 0) is 22.3 Å². The second kappa shape index (κ2) is 29.2. The average Bonchev–Trinajstić information content (AvgIpc) is 4.35. The summed E-state index contributed by atoms with van der Waals surface area (Å²) >= 11 is 0. The molecule has 0 saturated heterocycles. The van der Waals surface area contributed by atoms with Crippen LogP contribution in [0.4, 0.5) is 103 Å². The summed E-state index contributed by atoms with van der Waals surface area (Å²) in [5.41, 5.74) is -4.52. The van der Waals surface area contributed by atoms with E-state index in [2.05, 4.69) is 0 Å². The van der Waals surface area contributed by atoms with Gasteiger partial charge in [-0.3, -0.25) is 13.2 Å². The van der Waals surface area contributed by atoms with E-state index in [4.69, 9.17) is 54.9 Å². The maximum absolute atomic E-state index is 17.3. The van der Waals surface area contributed by atoms with Crippen molar-refractivity contribution >= 4 is 33.7 Å². The molecule has 8 heterocycles. The molecule has 0 atom stereocenters. The first-order valence-corrected chi connectivity index (χ1v) is 20.8. The van der Waals surface area contributed by atoms with Crippen molar-refractivity contribution in [1.29, 1.82) is 0 Å². The van der Waals surface area contributed by atoms with Crippen LogP contribution in [0.2, 0.25) is 0 Å². The lowest BCUT2D eigenvalue weighted by Crippen LogP contribution is -2.72. The Labute approximate surface area is 419 Å². The predicted octanol–water partition coefficient (Wildman–Crippen LogP) is 16.0. The Morgan fingerprint density at radius 1 is 0.312 bits per heavy atom. The Morgan fingerprint density at radius 3 is 0.792 bits per heavy atom. The summed E-state index contributed by atoms with van der Waals surface area (Å²) in [7, 11) is 1.50. The SMILES string of the molecule is CC.CF.CF.CF.FC1=C(F)C2=[N+]3C1=C(c1ccccc1)c1c(F)c(F)c4n1C31n3c(c(F)c(F)c3=C(c3ccccc3)C3=[N+]1C(=C4c1ccccc1)C(F)=C3F)=C2c1ccccc1.FF.FF.FF.FF.FF.FF. The molecule has 2 aromatic heterocycles. The van der Waals surface area contributed by atoms with Gasteiger partial charge in [0.2, 0.25) is 23.3 Å². The first-order chi connectivity index (χ1) is 37.7. The number of halogens is 23. The molecule has 1 spiro atoms. The first kappa shape index (κ1) is 65.0. The van der Waals surface area contributed by atoms with Crippen molar-refractivity contribution in [3.63, 3.8) is 0 Å². The zero-order chi connectivity index (χ0) is 58.8. The minimum atomic E-state index is -2.75. The quantitative estimate of drug-likeness (QED) is 0.124. The van der Waals surface area contributed by atoms with Crippen molar-refractivity contribution in [2.24, 2.45) is 0 Å². The fourth-order valence-electron chi connectivity index (χ4n) is 9.60. The standard InChI is InChI=1S/C45H20F8N4.C2H6.3CH3F.6F2/c46-29-31(48)39-26(22-15-7-2-8-16-22)41-33(50)35(52)43-28(24-19-11-4-12-20-24)44-36(53)34(51)42-27(23-17-9-3-10-18-23)40-32(49)30(47)38-25(21-13-5-1-6-14-21)37(29)54(39)45(55(38)40,56(41)43)57(42)44;10*1-2/h1-20H;1-2H3;3*1H3;;;;;;/q+2;;;;;;;;;;. The Morgan fingerprint density at radius 2 is 0.545 bits per heavy atom. The van der Waals surface area contributed by atoms with E-state index in [1.54, 1.807) is 72.8 Å². The molecule has 12 rings (SSSR count). The molecule has 414 valence electrons. The fourth-order valence-corrected chi connectivity index (χ4v) is 9.60. The van der Waals surface area contributed by atoms with Crippen LogP contribution in [0, 0.1) is 23.3 Å². The molecule has 77 heavy (non-hydrogen) atoms. The number of benzene rings is 4. The lowest BCUT2D eigenvalue weighted by atomic mass is 9.92. The van der Waals surface area contributed by atoms with Gasteiger partial charge >= 0.3 is 5.91 Å². The summed E-state index contributed by atoms with van der Waals surface area (Å²) in [6, 6.07) is 31.1. The van der Waals surface area contributed by atoms with Crippen LogP contribution in [0.15, 0.2) is 156 Å². The average molecular weight is 1130 g/mol. The van der Waals surface area contributed by atoms with Crippen LogP contribution >= 0.6 is 0 Å². The van der Waals surface area contributed by atoms with Gasteiger partial charge in [0.25, 0.3) is 22.8 Å². The van der Waals surface area contributed by atoms with Gasteiger partial charge in [0.05, 0.1) is 43.8 Å². The van der Waals surface area contributed by atoms with Crippen LogP contribution in [-0.4, -0.2) is 51.2 Å². The molecule has 0 bridgehead atoms. The van der Waals surface area contributed by atoms with Gasteiger partial charge in [-0.2, -0.15) is 26.7 Å². The van der Waals surface area contributed by atoms with Crippen molar-refractivity contribution in [2.75, 3.05) is 21.5 Å². The number of hydrogen-bond donors (Lipinski definition) is 0. The molecule has 27 heteroatoms. The lowest BCUT2D eigenvalue weighted by Gasteiger charge is -2.40. The first-order valence-electron chi connectivity index (χ1n) is 20.8. The summed E-state index contributed by atoms with van der Waals surface area (Å²) in [5, 5.41) is -1.28. The summed E-state index contributed by atoms with van der Waals surface area (Å²) < 4.78 is 267. The van der Waals surface area contributed by atoms with E-state index in [1.165, 1.54) is 48.5 Å². The number of aromatic nitrogens is 2. The van der Waals surface area contributed by atoms with E-state index in [0.717, 1.165) is 18.3 Å². The van der Waals surface area contributed by atoms with Gasteiger partial charge in [0.1, 0.15) is 22.1 Å². The normalized spacial score (nSPS) is 14.2. The number of alkyl halides is 3. The van der Waals surface area contributed by atoms with Gasteiger partial charge in [0.15, 0.2) is 23.3 Å². The largest absolute Gasteiger partial charge is 0.554 e. The van der Waals surface area contributed by atoms with E-state index in [-0.39, 0.29) is 44.5 Å². The number of hydrogen-bond acceptors (Lipinski definition) is 0. The molecule has 6 aliphatic heterocycles. The molecule has 0 N–H and O–H groups in total. The van der Waals surface area contributed by atoms with E-state index < -0.39 is 97.4 Å². The molecule has 6 aromatic rings. The second-order valence-corrected chi connectivity index (χ2v) is 14.2. The summed E-state index contributed by atoms with van der Waals surface area (Å²) in [4.78, 5) is 0. The Hall–Kier alpha value is -8.13. The fraction of sp³-hybridized carbons (Fsp3) is 0.120. The van der Waals surface area contributed by atoms with Crippen LogP contribution in [0.1, 0.15) is 47.5 Å². The summed E-state index contributed by atoms with van der Waals surface area (Å²) in [6.45, 7) is 4.00. The van der Waals surface area contributed by atoms with Crippen molar-refractivity contribution in [2.45, 2.75) is 19.8 Å². The second-order valence-electron chi connectivity index (χ2n) is 14.2. The molecular weight excluding hydrogens is 1090 g/mol. The monoisotopic (exact) mass is 1130 g/mol. The van der Waals surface area contributed by atoms with E-state index >= 15 is 35.1 Å². The topological polar surface area (TPSA) is 15.9 Å². The molecule has 0 radical (unpaired) electrons. The van der Waals surface area contributed by atoms with Crippen LogP contribution in [0.3, 0.4) is 0 Å². The molecule has 0 saturated carbocycles. The molecule has 4 nitrogen and oxygen atoms in total. The molecule has 0 fully saturated rings. The third-order valence-corrected chi connectivity index (χ3v) is 11.6. The van der Waals surface area contributed by atoms with E-state index in [0.29, 0.717) is 21.5 Å². The molecule has 0 aliphatic carbocycles. The Bertz CT molecular complexity index is 3100. The molecule has 4 aromatic carbocycles. The van der Waals surface area contributed by atoms with Crippen molar-refractivity contribution in [3.05, 3.63) is 224 Å². The number of rotatable bonds is 4. The highest BCUT2D eigenvalue weighted by Gasteiger charge is 2.78. The molecule has 0 amide bonds. The third-order valence-electron chi connectivity index (χ3n) is 11.6. The van der Waals surface area contributed by atoms with Gasteiger partial charge in [-0.25, -0.2) is 17.6 Å². The molecular formula is C50H35F23N4+2. The zero-order valence-electron chi connectivity index (χ0n) is 39.5. The zero-order valence-corrected chi connectivity index (χ0v) is 39.5. The van der Waals surface area contributed by atoms with Crippen molar-refractivity contribution in [3.8, 4) is 0 Å². The van der Waals surface area contributed by atoms with Gasteiger partial charge in [-0.15, -0.1) is 0 Å². The van der Waals surface area contributed by atoms with Gasteiger partial charge < -0.3 is 0 Å². The highest BCUT2D eigenvalue weighted by molar-refractivity contribution is 6.31. The maximum atomic E-state index is 17.3. The summed E-state index contributed by atoms with van der Waals surface area (Å²) in [6.07, 6.45) is 0. The molecule has 6 aliphatic rings. The van der Waals surface area contributed by atoms with Crippen LogP contribution in [0.25, 0.3) is 22.3 Å². The highest BCUT2D eigenvalue weighted by atomic mass is 20.0. The van der Waals surface area contributed by atoms with Gasteiger partial charge in [0, 0.05) is 54.9 Å². The Balaban J connectivity index is 0.000000919. The van der Waals surface area contributed by atoms with E-state index in [1.807, 2.05) is 13.8 Å². The van der Waals surface area contributed by atoms with Crippen LogP contribution in [0.5, 0.6) is 0 Å². The van der Waals surface area contributed by atoms with Crippen LogP contribution in [-0.2, 0) is 5.91 Å². The smallest absolute Gasteiger partial charge is 0.255 e. The maximum Gasteiger partial charge on any atom is 0.554 e. The van der Waals surface area contributed by atoms with Gasteiger partial charge in [-0.1, -0.05) is 144 Å². The lowest BCUT2D eigenvalue weighted by molar-refractivity contribution is -0.836. The van der Waals surface area contributed by atoms with Crippen LogP contribution < -0.4 is 10.7 Å². The Kier molecular flexibility index (Phi) is 24.7. The highest BCUT2D eigenvalue weighted by Crippen LogP contribution is 2.58. The van der Waals surface area contributed by atoms with E-state index in [9.17, 15) is 13.2 Å².